The summed E-state index contributed by atoms with van der Waals surface area (Å²) >= 11 is 0. The van der Waals surface area contributed by atoms with Gasteiger partial charge in [-0.2, -0.15) is 5.26 Å². The zero-order chi connectivity index (χ0) is 15.5. The fourth-order valence-electron chi connectivity index (χ4n) is 2.03. The molecule has 0 aliphatic carbocycles. The highest BCUT2D eigenvalue weighted by atomic mass is 16.6. The second-order valence-electron chi connectivity index (χ2n) is 4.49. The predicted octanol–water partition coefficient (Wildman–Crippen LogP) is 2.12. The molecule has 0 aromatic carbocycles. The van der Waals surface area contributed by atoms with Crippen LogP contribution in [0.5, 0.6) is 0 Å². The Morgan fingerprint density at radius 3 is 2.91 bits per heavy atom. The molecule has 8 nitrogen and oxygen atoms in total. The van der Waals surface area contributed by atoms with Crippen LogP contribution in [0.2, 0.25) is 0 Å². The van der Waals surface area contributed by atoms with Gasteiger partial charge in [0.15, 0.2) is 0 Å². The Balaban J connectivity index is 1.79. The van der Waals surface area contributed by atoms with Gasteiger partial charge in [0, 0.05) is 18.5 Å². The number of fused-ring (bicyclic) bond motifs is 1. The largest absolute Gasteiger partial charge is 0.364 e. The minimum Gasteiger partial charge on any atom is -0.364 e. The van der Waals surface area contributed by atoms with E-state index in [-0.39, 0.29) is 11.4 Å². The van der Waals surface area contributed by atoms with Crippen LogP contribution in [0.25, 0.3) is 5.65 Å². The highest BCUT2D eigenvalue weighted by Gasteiger charge is 2.15. The average Bonchev–Trinajstić information content (AvgIpc) is 2.95. The Kier molecular flexibility index (Phi) is 3.37. The summed E-state index contributed by atoms with van der Waals surface area (Å²) in [4.78, 5) is 18.5. The quantitative estimate of drug-likeness (QED) is 0.583. The molecule has 22 heavy (non-hydrogen) atoms. The fraction of sp³-hybridized carbons (Fsp3) is 0.0714. The average molecular weight is 294 g/mol. The maximum atomic E-state index is 10.8. The molecule has 3 heterocycles. The molecule has 0 unspecified atom stereocenters. The summed E-state index contributed by atoms with van der Waals surface area (Å²) in [5.74, 6) is 0.388. The lowest BCUT2D eigenvalue weighted by Crippen LogP contribution is -2.04. The summed E-state index contributed by atoms with van der Waals surface area (Å²) in [6.07, 6.45) is 3.77. The van der Waals surface area contributed by atoms with Gasteiger partial charge in [-0.3, -0.25) is 10.1 Å². The SMILES string of the molecule is N#Cc1nc(NCc2cn3ccccc3n2)ccc1[N+](=O)[O-]. The topological polar surface area (TPSA) is 109 Å². The Hall–Kier alpha value is -3.47. The monoisotopic (exact) mass is 294 g/mol. The number of aromatic nitrogens is 3. The molecule has 0 amide bonds. The number of anilines is 1. The third kappa shape index (κ3) is 2.55. The molecule has 108 valence electrons. The van der Waals surface area contributed by atoms with E-state index in [0.29, 0.717) is 12.4 Å². The van der Waals surface area contributed by atoms with Crippen molar-refractivity contribution in [2.75, 3.05) is 5.32 Å². The van der Waals surface area contributed by atoms with Crippen molar-refractivity contribution in [3.05, 3.63) is 64.2 Å². The fourth-order valence-corrected chi connectivity index (χ4v) is 2.03. The van der Waals surface area contributed by atoms with Gasteiger partial charge in [0.2, 0.25) is 5.69 Å². The third-order valence-electron chi connectivity index (χ3n) is 3.04. The first-order chi connectivity index (χ1) is 10.7. The highest BCUT2D eigenvalue weighted by molar-refractivity contribution is 5.50. The van der Waals surface area contributed by atoms with Crippen molar-refractivity contribution >= 4 is 17.2 Å². The van der Waals surface area contributed by atoms with Crippen LogP contribution in [0.3, 0.4) is 0 Å². The van der Waals surface area contributed by atoms with Gasteiger partial charge in [-0.1, -0.05) is 6.07 Å². The lowest BCUT2D eigenvalue weighted by Gasteiger charge is -2.03. The smallest absolute Gasteiger partial charge is 0.305 e. The molecule has 0 aliphatic rings. The molecule has 0 atom stereocenters. The first-order valence-electron chi connectivity index (χ1n) is 6.39. The number of nitrogens with zero attached hydrogens (tertiary/aromatic N) is 5. The second-order valence-corrected chi connectivity index (χ2v) is 4.49. The van der Waals surface area contributed by atoms with Crippen LogP contribution in [0, 0.1) is 21.4 Å². The molecule has 3 aromatic heterocycles. The lowest BCUT2D eigenvalue weighted by molar-refractivity contribution is -0.385. The molecule has 0 radical (unpaired) electrons. The highest BCUT2D eigenvalue weighted by Crippen LogP contribution is 2.18. The molecular formula is C14H10N6O2. The zero-order valence-corrected chi connectivity index (χ0v) is 11.3. The minimum absolute atomic E-state index is 0.218. The molecule has 0 saturated carbocycles. The maximum absolute atomic E-state index is 10.8. The van der Waals surface area contributed by atoms with Crippen LogP contribution in [0.4, 0.5) is 11.5 Å². The normalized spacial score (nSPS) is 10.3. The number of pyridine rings is 2. The van der Waals surface area contributed by atoms with Crippen LogP contribution in [0.1, 0.15) is 11.4 Å². The Labute approximate surface area is 124 Å². The van der Waals surface area contributed by atoms with Gasteiger partial charge in [-0.25, -0.2) is 9.97 Å². The number of rotatable bonds is 4. The molecule has 0 aliphatic heterocycles. The Morgan fingerprint density at radius 2 is 2.18 bits per heavy atom. The Bertz CT molecular complexity index is 863. The van der Waals surface area contributed by atoms with Crippen molar-refractivity contribution in [1.82, 2.24) is 14.4 Å². The van der Waals surface area contributed by atoms with Gasteiger partial charge >= 0.3 is 5.69 Å². The summed E-state index contributed by atoms with van der Waals surface area (Å²) in [6.45, 7) is 0.400. The number of imidazole rings is 1. The first kappa shape index (κ1) is 13.5. The zero-order valence-electron chi connectivity index (χ0n) is 11.3. The van der Waals surface area contributed by atoms with Crippen LogP contribution in [-0.4, -0.2) is 19.3 Å². The van der Waals surface area contributed by atoms with Crippen LogP contribution in [0.15, 0.2) is 42.7 Å². The Morgan fingerprint density at radius 1 is 1.32 bits per heavy atom. The van der Waals surface area contributed by atoms with E-state index >= 15 is 0 Å². The van der Waals surface area contributed by atoms with Crippen LogP contribution >= 0.6 is 0 Å². The van der Waals surface area contributed by atoms with Gasteiger partial charge in [0.05, 0.1) is 17.2 Å². The van der Waals surface area contributed by atoms with Gasteiger partial charge < -0.3 is 9.72 Å². The van der Waals surface area contributed by atoms with Crippen molar-refractivity contribution < 1.29 is 4.92 Å². The van der Waals surface area contributed by atoms with Crippen molar-refractivity contribution in [1.29, 1.82) is 5.26 Å². The number of hydrogen-bond donors (Lipinski definition) is 1. The van der Waals surface area contributed by atoms with E-state index < -0.39 is 4.92 Å². The van der Waals surface area contributed by atoms with Crippen molar-refractivity contribution in [2.24, 2.45) is 0 Å². The molecule has 0 bridgehead atoms. The standard InChI is InChI=1S/C14H10N6O2/c15-7-11-12(20(21)22)4-5-13(18-11)16-8-10-9-19-6-2-1-3-14(19)17-10/h1-6,9H,8H2,(H,16,18). The van der Waals surface area contributed by atoms with Gasteiger partial charge in [0.25, 0.3) is 0 Å². The van der Waals surface area contributed by atoms with Crippen LogP contribution in [-0.2, 0) is 6.54 Å². The van der Waals surface area contributed by atoms with Gasteiger partial charge in [-0.05, 0) is 18.2 Å². The first-order valence-corrected chi connectivity index (χ1v) is 6.39. The van der Waals surface area contributed by atoms with E-state index in [4.69, 9.17) is 5.26 Å². The van der Waals surface area contributed by atoms with Crippen molar-refractivity contribution in [3.8, 4) is 6.07 Å². The molecule has 0 fully saturated rings. The van der Waals surface area contributed by atoms with E-state index in [9.17, 15) is 10.1 Å². The van der Waals surface area contributed by atoms with Gasteiger partial charge in [-0.15, -0.1) is 0 Å². The van der Waals surface area contributed by atoms with E-state index in [1.807, 2.05) is 35.0 Å². The van der Waals surface area contributed by atoms with Crippen molar-refractivity contribution in [3.63, 3.8) is 0 Å². The molecule has 1 N–H and O–H groups in total. The van der Waals surface area contributed by atoms with E-state index in [0.717, 1.165) is 11.3 Å². The molecule has 3 rings (SSSR count). The molecular weight excluding hydrogens is 284 g/mol. The van der Waals surface area contributed by atoms with E-state index in [1.165, 1.54) is 12.1 Å². The summed E-state index contributed by atoms with van der Waals surface area (Å²) in [5, 5.41) is 22.7. The molecule has 8 heteroatoms. The van der Waals surface area contributed by atoms with Gasteiger partial charge in [0.1, 0.15) is 17.5 Å². The minimum atomic E-state index is -0.628. The van der Waals surface area contributed by atoms with Crippen LogP contribution < -0.4 is 5.32 Å². The molecule has 0 saturated heterocycles. The second kappa shape index (κ2) is 5.49. The summed E-state index contributed by atoms with van der Waals surface area (Å²) in [5.41, 5.74) is 1.10. The van der Waals surface area contributed by atoms with Crippen molar-refractivity contribution in [2.45, 2.75) is 6.54 Å². The number of nitro groups is 1. The summed E-state index contributed by atoms with van der Waals surface area (Å²) < 4.78 is 1.89. The summed E-state index contributed by atoms with van der Waals surface area (Å²) in [7, 11) is 0. The summed E-state index contributed by atoms with van der Waals surface area (Å²) in [6, 6.07) is 10.1. The number of nitriles is 1. The number of hydrogen-bond acceptors (Lipinski definition) is 6. The van der Waals surface area contributed by atoms with E-state index in [1.54, 1.807) is 6.07 Å². The lowest BCUT2D eigenvalue weighted by atomic mass is 10.3. The third-order valence-corrected chi connectivity index (χ3v) is 3.04. The van der Waals surface area contributed by atoms with E-state index in [2.05, 4.69) is 15.3 Å². The maximum Gasteiger partial charge on any atom is 0.305 e. The number of nitrogens with one attached hydrogen (secondary N) is 1. The molecule has 3 aromatic rings. The molecule has 0 spiro atoms. The predicted molar refractivity (Wildman–Crippen MR) is 78.1 cm³/mol.